The van der Waals surface area contributed by atoms with Crippen molar-refractivity contribution in [2.24, 2.45) is 0 Å². The molecule has 0 aromatic carbocycles. The van der Waals surface area contributed by atoms with Gasteiger partial charge in [0.25, 0.3) is 0 Å². The maximum Gasteiger partial charge on any atom is 0.220 e. The monoisotopic (exact) mass is 276 g/mol. The number of hydrogen-bond donors (Lipinski definition) is 2. The highest BCUT2D eigenvalue weighted by Crippen LogP contribution is 2.18. The van der Waals surface area contributed by atoms with E-state index in [9.17, 15) is 13.2 Å². The quantitative estimate of drug-likeness (QED) is 0.698. The molecule has 0 heterocycles. The highest BCUT2D eigenvalue weighted by molar-refractivity contribution is 7.89. The molecule has 0 atom stereocenters. The second-order valence-electron chi connectivity index (χ2n) is 4.87. The summed E-state index contributed by atoms with van der Waals surface area (Å²) in [6.07, 6.45) is 6.35. The Hall–Kier alpha value is -0.620. The summed E-state index contributed by atoms with van der Waals surface area (Å²) in [6.45, 7) is 2.22. The standard InChI is InChI=1S/C12H24N2O3S/c1-2-3-8-12(15)13-9-10-18(16,17)14-11-6-4-5-7-11/h11,14H,2-10H2,1H3,(H,13,15). The SMILES string of the molecule is CCCCC(=O)NCCS(=O)(=O)NC1CCCC1. The summed E-state index contributed by atoms with van der Waals surface area (Å²) >= 11 is 0. The van der Waals surface area contributed by atoms with E-state index >= 15 is 0 Å². The Morgan fingerprint density at radius 2 is 1.94 bits per heavy atom. The lowest BCUT2D eigenvalue weighted by Gasteiger charge is -2.12. The molecular weight excluding hydrogens is 252 g/mol. The zero-order valence-electron chi connectivity index (χ0n) is 11.1. The van der Waals surface area contributed by atoms with Crippen LogP contribution in [0.2, 0.25) is 0 Å². The summed E-state index contributed by atoms with van der Waals surface area (Å²) in [6, 6.07) is 0.103. The third-order valence-electron chi connectivity index (χ3n) is 3.15. The molecule has 0 saturated heterocycles. The van der Waals surface area contributed by atoms with Gasteiger partial charge in [-0.05, 0) is 19.3 Å². The van der Waals surface area contributed by atoms with Gasteiger partial charge in [0.1, 0.15) is 0 Å². The van der Waals surface area contributed by atoms with Crippen LogP contribution in [0.25, 0.3) is 0 Å². The molecule has 0 aromatic rings. The third kappa shape index (κ3) is 6.35. The predicted molar refractivity (Wildman–Crippen MR) is 71.7 cm³/mol. The predicted octanol–water partition coefficient (Wildman–Crippen LogP) is 1.15. The maximum atomic E-state index is 11.7. The van der Waals surface area contributed by atoms with E-state index in [-0.39, 0.29) is 24.2 Å². The molecule has 18 heavy (non-hydrogen) atoms. The topological polar surface area (TPSA) is 75.3 Å². The van der Waals surface area contributed by atoms with Crippen molar-refractivity contribution in [2.75, 3.05) is 12.3 Å². The minimum atomic E-state index is -3.25. The minimum absolute atomic E-state index is 0.0264. The molecule has 0 radical (unpaired) electrons. The molecule has 2 N–H and O–H groups in total. The van der Waals surface area contributed by atoms with Gasteiger partial charge in [-0.1, -0.05) is 26.2 Å². The Kier molecular flexibility index (Phi) is 6.63. The third-order valence-corrected chi connectivity index (χ3v) is 4.59. The van der Waals surface area contributed by atoms with Crippen LogP contribution in [0.1, 0.15) is 51.9 Å². The first kappa shape index (κ1) is 15.4. The Balaban J connectivity index is 2.18. The highest BCUT2D eigenvalue weighted by Gasteiger charge is 2.20. The van der Waals surface area contributed by atoms with Gasteiger partial charge in [0.2, 0.25) is 15.9 Å². The minimum Gasteiger partial charge on any atom is -0.355 e. The maximum absolute atomic E-state index is 11.7. The van der Waals surface area contributed by atoms with Crippen LogP contribution in [0.4, 0.5) is 0 Å². The molecule has 5 nitrogen and oxygen atoms in total. The van der Waals surface area contributed by atoms with Gasteiger partial charge < -0.3 is 5.32 Å². The van der Waals surface area contributed by atoms with E-state index in [1.165, 1.54) is 0 Å². The van der Waals surface area contributed by atoms with Crippen LogP contribution in [-0.2, 0) is 14.8 Å². The number of nitrogens with one attached hydrogen (secondary N) is 2. The lowest BCUT2D eigenvalue weighted by atomic mass is 10.2. The summed E-state index contributed by atoms with van der Waals surface area (Å²) in [4.78, 5) is 11.3. The van der Waals surface area contributed by atoms with Crippen LogP contribution in [0, 0.1) is 0 Å². The molecule has 0 aliphatic heterocycles. The van der Waals surface area contributed by atoms with Crippen LogP contribution in [0.15, 0.2) is 0 Å². The molecule has 0 bridgehead atoms. The van der Waals surface area contributed by atoms with Crippen LogP contribution >= 0.6 is 0 Å². The second-order valence-corrected chi connectivity index (χ2v) is 6.75. The van der Waals surface area contributed by atoms with Crippen molar-refractivity contribution in [3.8, 4) is 0 Å². The van der Waals surface area contributed by atoms with E-state index in [2.05, 4.69) is 10.0 Å². The molecule has 1 saturated carbocycles. The average Bonchev–Trinajstić information content (AvgIpc) is 2.78. The first-order valence-electron chi connectivity index (χ1n) is 6.80. The summed E-state index contributed by atoms with van der Waals surface area (Å²) in [7, 11) is -3.25. The van der Waals surface area contributed by atoms with Crippen molar-refractivity contribution in [1.29, 1.82) is 0 Å². The van der Waals surface area contributed by atoms with Gasteiger partial charge in [-0.3, -0.25) is 4.79 Å². The number of carbonyl (C=O) groups is 1. The fourth-order valence-corrected chi connectivity index (χ4v) is 3.34. The van der Waals surface area contributed by atoms with Crippen molar-refractivity contribution < 1.29 is 13.2 Å². The molecule has 1 aliphatic rings. The Morgan fingerprint density at radius 3 is 2.56 bits per heavy atom. The number of carbonyl (C=O) groups excluding carboxylic acids is 1. The average molecular weight is 276 g/mol. The number of amides is 1. The largest absolute Gasteiger partial charge is 0.355 e. The van der Waals surface area contributed by atoms with Gasteiger partial charge in [-0.25, -0.2) is 13.1 Å². The van der Waals surface area contributed by atoms with E-state index in [0.717, 1.165) is 38.5 Å². The van der Waals surface area contributed by atoms with Gasteiger partial charge in [-0.15, -0.1) is 0 Å². The van der Waals surface area contributed by atoms with E-state index < -0.39 is 10.0 Å². The van der Waals surface area contributed by atoms with E-state index in [0.29, 0.717) is 6.42 Å². The number of rotatable bonds is 8. The van der Waals surface area contributed by atoms with Gasteiger partial charge in [-0.2, -0.15) is 0 Å². The molecule has 106 valence electrons. The van der Waals surface area contributed by atoms with Crippen molar-refractivity contribution >= 4 is 15.9 Å². The number of hydrogen-bond acceptors (Lipinski definition) is 3. The number of unbranched alkanes of at least 4 members (excludes halogenated alkanes) is 1. The van der Waals surface area contributed by atoms with Gasteiger partial charge in [0.05, 0.1) is 5.75 Å². The summed E-state index contributed by atoms with van der Waals surface area (Å²) in [5.41, 5.74) is 0. The van der Waals surface area contributed by atoms with Gasteiger partial charge in [0, 0.05) is 19.0 Å². The van der Waals surface area contributed by atoms with E-state index in [1.807, 2.05) is 6.92 Å². The molecule has 1 fully saturated rings. The first-order chi connectivity index (χ1) is 8.53. The first-order valence-corrected chi connectivity index (χ1v) is 8.45. The van der Waals surface area contributed by atoms with Crippen LogP contribution in [0.5, 0.6) is 0 Å². The molecule has 1 rings (SSSR count). The van der Waals surface area contributed by atoms with Crippen LogP contribution < -0.4 is 10.0 Å². The van der Waals surface area contributed by atoms with E-state index in [4.69, 9.17) is 0 Å². The Labute approximate surface area is 110 Å². The van der Waals surface area contributed by atoms with Crippen LogP contribution in [-0.4, -0.2) is 32.7 Å². The molecule has 1 aliphatic carbocycles. The van der Waals surface area contributed by atoms with Crippen molar-refractivity contribution in [2.45, 2.75) is 57.9 Å². The Bertz CT molecular complexity index is 348. The summed E-state index contributed by atoms with van der Waals surface area (Å²) in [5.74, 6) is -0.0885. The van der Waals surface area contributed by atoms with Gasteiger partial charge in [0.15, 0.2) is 0 Å². The molecule has 0 aromatic heterocycles. The summed E-state index contributed by atoms with van der Waals surface area (Å²) < 4.78 is 26.1. The molecule has 0 spiro atoms. The van der Waals surface area contributed by atoms with Crippen molar-refractivity contribution in [3.63, 3.8) is 0 Å². The number of sulfonamides is 1. The summed E-state index contributed by atoms with van der Waals surface area (Å²) in [5, 5.41) is 2.64. The second kappa shape index (κ2) is 7.74. The molecule has 6 heteroatoms. The van der Waals surface area contributed by atoms with Crippen LogP contribution in [0.3, 0.4) is 0 Å². The van der Waals surface area contributed by atoms with Gasteiger partial charge >= 0.3 is 0 Å². The van der Waals surface area contributed by atoms with Crippen molar-refractivity contribution in [3.05, 3.63) is 0 Å². The molecule has 1 amide bonds. The smallest absolute Gasteiger partial charge is 0.220 e. The zero-order chi connectivity index (χ0) is 13.4. The van der Waals surface area contributed by atoms with E-state index in [1.54, 1.807) is 0 Å². The van der Waals surface area contributed by atoms with Crippen molar-refractivity contribution in [1.82, 2.24) is 10.0 Å². The normalized spacial score (nSPS) is 16.9. The fourth-order valence-electron chi connectivity index (χ4n) is 2.11. The lowest BCUT2D eigenvalue weighted by molar-refractivity contribution is -0.121. The Morgan fingerprint density at radius 1 is 1.28 bits per heavy atom. The zero-order valence-corrected chi connectivity index (χ0v) is 11.9. The lowest BCUT2D eigenvalue weighted by Crippen LogP contribution is -2.38. The molecular formula is C12H24N2O3S. The molecule has 0 unspecified atom stereocenters. The fraction of sp³-hybridized carbons (Fsp3) is 0.917. The highest BCUT2D eigenvalue weighted by atomic mass is 32.2.